The number of hydrogen-bond acceptors (Lipinski definition) is 3. The van der Waals surface area contributed by atoms with Crippen molar-refractivity contribution in [3.63, 3.8) is 0 Å². The first-order chi connectivity index (χ1) is 9.22. The van der Waals surface area contributed by atoms with Gasteiger partial charge >= 0.3 is 0 Å². The van der Waals surface area contributed by atoms with Crippen molar-refractivity contribution in [2.24, 2.45) is 5.92 Å². The summed E-state index contributed by atoms with van der Waals surface area (Å²) in [5.74, 6) is 0.632. The fourth-order valence-electron chi connectivity index (χ4n) is 2.61. The highest BCUT2D eigenvalue weighted by atomic mass is 16.2. The zero-order valence-electron chi connectivity index (χ0n) is 11.9. The molecule has 0 radical (unpaired) electrons. The highest BCUT2D eigenvalue weighted by Gasteiger charge is 2.22. The summed E-state index contributed by atoms with van der Waals surface area (Å²) in [6.45, 7) is 7.67. The number of aromatic nitrogens is 1. The van der Waals surface area contributed by atoms with E-state index in [1.165, 1.54) is 12.8 Å². The highest BCUT2D eigenvalue weighted by molar-refractivity contribution is 5.93. The molecule has 4 nitrogen and oxygen atoms in total. The fourth-order valence-corrected chi connectivity index (χ4v) is 2.61. The van der Waals surface area contributed by atoms with Crippen LogP contribution in [0.15, 0.2) is 18.3 Å². The maximum Gasteiger partial charge on any atom is 0.272 e. The van der Waals surface area contributed by atoms with Crippen LogP contribution in [-0.4, -0.2) is 42.0 Å². The lowest BCUT2D eigenvalue weighted by Crippen LogP contribution is -2.41. The van der Waals surface area contributed by atoms with Crippen LogP contribution in [0.25, 0.3) is 0 Å². The number of aryl methyl sites for hydroxylation is 1. The molecule has 1 saturated heterocycles. The lowest BCUT2D eigenvalue weighted by atomic mass is 9.99. The Morgan fingerprint density at radius 2 is 2.42 bits per heavy atom. The van der Waals surface area contributed by atoms with Crippen molar-refractivity contribution in [1.82, 2.24) is 15.2 Å². The van der Waals surface area contributed by atoms with Crippen molar-refractivity contribution in [2.75, 3.05) is 26.2 Å². The highest BCUT2D eigenvalue weighted by Crippen LogP contribution is 2.14. The third-order valence-corrected chi connectivity index (χ3v) is 3.76. The van der Waals surface area contributed by atoms with Crippen molar-refractivity contribution >= 4 is 5.91 Å². The molecule has 1 amide bonds. The van der Waals surface area contributed by atoms with Crippen molar-refractivity contribution in [3.05, 3.63) is 29.6 Å². The van der Waals surface area contributed by atoms with E-state index in [2.05, 4.69) is 10.3 Å². The van der Waals surface area contributed by atoms with Gasteiger partial charge < -0.3 is 10.2 Å². The van der Waals surface area contributed by atoms with Gasteiger partial charge in [0.1, 0.15) is 5.69 Å². The van der Waals surface area contributed by atoms with Crippen LogP contribution >= 0.6 is 0 Å². The fraction of sp³-hybridized carbons (Fsp3) is 0.600. The van der Waals surface area contributed by atoms with Crippen LogP contribution in [0.3, 0.4) is 0 Å². The molecule has 1 aliphatic rings. The normalized spacial score (nSPS) is 19.2. The van der Waals surface area contributed by atoms with Gasteiger partial charge in [-0.15, -0.1) is 0 Å². The molecule has 2 rings (SSSR count). The average Bonchev–Trinajstić information content (AvgIpc) is 2.46. The van der Waals surface area contributed by atoms with E-state index in [-0.39, 0.29) is 5.91 Å². The molecule has 0 aromatic carbocycles. The van der Waals surface area contributed by atoms with Gasteiger partial charge in [0.25, 0.3) is 5.91 Å². The quantitative estimate of drug-likeness (QED) is 0.899. The number of piperidine rings is 1. The predicted octanol–water partition coefficient (Wildman–Crippen LogP) is 1.85. The molecule has 1 unspecified atom stereocenters. The van der Waals surface area contributed by atoms with Crippen molar-refractivity contribution < 1.29 is 4.79 Å². The van der Waals surface area contributed by atoms with E-state index in [1.54, 1.807) is 6.20 Å². The van der Waals surface area contributed by atoms with Crippen LogP contribution in [0.4, 0.5) is 0 Å². The molecule has 1 aromatic rings. The number of nitrogens with zero attached hydrogens (tertiary/aromatic N) is 2. The van der Waals surface area contributed by atoms with E-state index in [9.17, 15) is 4.79 Å². The third kappa shape index (κ3) is 3.53. The summed E-state index contributed by atoms with van der Waals surface area (Å²) >= 11 is 0. The molecular weight excluding hydrogens is 238 g/mol. The standard InChI is InChI=1S/C15H23N3O/c1-3-18(11-13-7-5-8-16-10-13)15(19)14-12(2)6-4-9-17-14/h4,6,9,13,16H,3,5,7-8,10-11H2,1-2H3. The summed E-state index contributed by atoms with van der Waals surface area (Å²) in [5.41, 5.74) is 1.54. The van der Waals surface area contributed by atoms with E-state index < -0.39 is 0 Å². The Morgan fingerprint density at radius 3 is 3.05 bits per heavy atom. The van der Waals surface area contributed by atoms with Gasteiger partial charge in [-0.1, -0.05) is 6.07 Å². The summed E-state index contributed by atoms with van der Waals surface area (Å²) in [7, 11) is 0. The Kier molecular flexibility index (Phi) is 4.91. The number of nitrogens with one attached hydrogen (secondary N) is 1. The summed E-state index contributed by atoms with van der Waals surface area (Å²) in [4.78, 5) is 18.7. The number of rotatable bonds is 4. The predicted molar refractivity (Wildman–Crippen MR) is 76.1 cm³/mol. The first-order valence-corrected chi connectivity index (χ1v) is 7.14. The molecule has 19 heavy (non-hydrogen) atoms. The van der Waals surface area contributed by atoms with Gasteiger partial charge in [-0.25, -0.2) is 0 Å². The second-order valence-corrected chi connectivity index (χ2v) is 5.23. The minimum absolute atomic E-state index is 0.0613. The second-order valence-electron chi connectivity index (χ2n) is 5.23. The van der Waals surface area contributed by atoms with E-state index in [4.69, 9.17) is 0 Å². The van der Waals surface area contributed by atoms with Gasteiger partial charge in [-0.2, -0.15) is 0 Å². The van der Waals surface area contributed by atoms with E-state index >= 15 is 0 Å². The molecule has 0 saturated carbocycles. The lowest BCUT2D eigenvalue weighted by Gasteiger charge is -2.29. The van der Waals surface area contributed by atoms with Gasteiger partial charge in [0.2, 0.25) is 0 Å². The molecule has 2 heterocycles. The Morgan fingerprint density at radius 1 is 1.58 bits per heavy atom. The number of amides is 1. The maximum atomic E-state index is 12.5. The molecule has 1 aliphatic heterocycles. The van der Waals surface area contributed by atoms with Gasteiger partial charge in [-0.05, 0) is 57.3 Å². The number of carbonyl (C=O) groups is 1. The Labute approximate surface area is 115 Å². The first kappa shape index (κ1) is 14.0. The maximum absolute atomic E-state index is 12.5. The minimum atomic E-state index is 0.0613. The van der Waals surface area contributed by atoms with Gasteiger partial charge in [0.15, 0.2) is 0 Å². The van der Waals surface area contributed by atoms with Crippen molar-refractivity contribution in [1.29, 1.82) is 0 Å². The van der Waals surface area contributed by atoms with E-state index in [1.807, 2.05) is 30.9 Å². The molecular formula is C15H23N3O. The zero-order chi connectivity index (χ0) is 13.7. The topological polar surface area (TPSA) is 45.2 Å². The van der Waals surface area contributed by atoms with Crippen LogP contribution in [0.1, 0.15) is 35.8 Å². The largest absolute Gasteiger partial charge is 0.337 e. The SMILES string of the molecule is CCN(CC1CCCNC1)C(=O)c1ncccc1C. The molecule has 1 fully saturated rings. The van der Waals surface area contributed by atoms with E-state index in [0.717, 1.165) is 31.7 Å². The second kappa shape index (κ2) is 6.66. The first-order valence-electron chi connectivity index (χ1n) is 7.14. The van der Waals surface area contributed by atoms with Crippen LogP contribution in [-0.2, 0) is 0 Å². The van der Waals surface area contributed by atoms with E-state index in [0.29, 0.717) is 11.6 Å². The van der Waals surface area contributed by atoms with Gasteiger partial charge in [-0.3, -0.25) is 9.78 Å². The monoisotopic (exact) mass is 261 g/mol. The molecule has 1 aromatic heterocycles. The van der Waals surface area contributed by atoms with Gasteiger partial charge in [0, 0.05) is 19.3 Å². The lowest BCUT2D eigenvalue weighted by molar-refractivity contribution is 0.0722. The molecule has 1 atom stereocenters. The number of carbonyl (C=O) groups excluding carboxylic acids is 1. The summed E-state index contributed by atoms with van der Waals surface area (Å²) < 4.78 is 0. The van der Waals surface area contributed by atoms with Gasteiger partial charge in [0.05, 0.1) is 0 Å². The summed E-state index contributed by atoms with van der Waals surface area (Å²) in [6.07, 6.45) is 4.10. The number of hydrogen-bond donors (Lipinski definition) is 1. The van der Waals surface area contributed by atoms with Crippen molar-refractivity contribution in [2.45, 2.75) is 26.7 Å². The molecule has 104 valence electrons. The molecule has 1 N–H and O–H groups in total. The zero-order valence-corrected chi connectivity index (χ0v) is 11.9. The van der Waals surface area contributed by atoms with Crippen molar-refractivity contribution in [3.8, 4) is 0 Å². The van der Waals surface area contributed by atoms with Crippen LogP contribution in [0.2, 0.25) is 0 Å². The minimum Gasteiger partial charge on any atom is -0.337 e. The van der Waals surface area contributed by atoms with Crippen LogP contribution in [0.5, 0.6) is 0 Å². The van der Waals surface area contributed by atoms with Crippen LogP contribution < -0.4 is 5.32 Å². The molecule has 0 spiro atoms. The molecule has 4 heteroatoms. The smallest absolute Gasteiger partial charge is 0.272 e. The summed E-state index contributed by atoms with van der Waals surface area (Å²) in [5, 5.41) is 3.40. The Bertz CT molecular complexity index is 427. The Hall–Kier alpha value is -1.42. The molecule has 0 aliphatic carbocycles. The van der Waals surface area contributed by atoms with Crippen LogP contribution in [0, 0.1) is 12.8 Å². The molecule has 0 bridgehead atoms. The number of pyridine rings is 1. The summed E-state index contributed by atoms with van der Waals surface area (Å²) in [6, 6.07) is 3.81. The average molecular weight is 261 g/mol. The third-order valence-electron chi connectivity index (χ3n) is 3.76. The Balaban J connectivity index is 2.04.